The van der Waals surface area contributed by atoms with E-state index in [4.69, 9.17) is 5.73 Å². The third-order valence-electron chi connectivity index (χ3n) is 2.78. The molecule has 0 radical (unpaired) electrons. The van der Waals surface area contributed by atoms with Crippen LogP contribution >= 0.6 is 11.3 Å². The standard InChI is InChI=1S/C14H17N3OS/c1-8(2)7-17(4)14(18)12-11(15)10-6-5-9(3)16-13(10)19-12/h5-6H,1,7,15H2,2-4H3. The first-order valence-corrected chi connectivity index (χ1v) is 6.77. The van der Waals surface area contributed by atoms with Gasteiger partial charge in [-0.25, -0.2) is 4.98 Å². The van der Waals surface area contributed by atoms with E-state index in [9.17, 15) is 4.79 Å². The van der Waals surface area contributed by atoms with Crippen LogP contribution in [0.15, 0.2) is 24.3 Å². The molecule has 0 unspecified atom stereocenters. The predicted molar refractivity (Wildman–Crippen MR) is 80.5 cm³/mol. The molecule has 0 aliphatic rings. The number of thiophene rings is 1. The van der Waals surface area contributed by atoms with Crippen molar-refractivity contribution in [3.05, 3.63) is 34.9 Å². The Kier molecular flexibility index (Phi) is 3.57. The van der Waals surface area contributed by atoms with E-state index in [1.807, 2.05) is 26.0 Å². The molecular formula is C14H17N3OS. The number of hydrogen-bond acceptors (Lipinski definition) is 4. The van der Waals surface area contributed by atoms with Crippen molar-refractivity contribution in [3.8, 4) is 0 Å². The molecule has 5 heteroatoms. The van der Waals surface area contributed by atoms with Gasteiger partial charge >= 0.3 is 0 Å². The zero-order valence-electron chi connectivity index (χ0n) is 11.4. The molecule has 0 bridgehead atoms. The van der Waals surface area contributed by atoms with Gasteiger partial charge in [0.25, 0.3) is 5.91 Å². The maximum Gasteiger partial charge on any atom is 0.266 e. The van der Waals surface area contributed by atoms with Gasteiger partial charge in [-0.1, -0.05) is 12.2 Å². The van der Waals surface area contributed by atoms with Gasteiger partial charge in [-0.2, -0.15) is 0 Å². The van der Waals surface area contributed by atoms with E-state index >= 15 is 0 Å². The maximum atomic E-state index is 12.3. The molecule has 0 saturated carbocycles. The second-order valence-electron chi connectivity index (χ2n) is 4.77. The van der Waals surface area contributed by atoms with Crippen molar-refractivity contribution in [2.45, 2.75) is 13.8 Å². The molecule has 0 aliphatic heterocycles. The SMILES string of the molecule is C=C(C)CN(C)C(=O)c1sc2nc(C)ccc2c1N. The topological polar surface area (TPSA) is 59.2 Å². The van der Waals surface area contributed by atoms with Crippen molar-refractivity contribution < 1.29 is 4.79 Å². The van der Waals surface area contributed by atoms with Gasteiger partial charge in [-0.3, -0.25) is 4.79 Å². The average Bonchev–Trinajstić information content (AvgIpc) is 2.64. The normalized spacial score (nSPS) is 10.7. The molecule has 2 rings (SSSR count). The fourth-order valence-electron chi connectivity index (χ4n) is 1.90. The van der Waals surface area contributed by atoms with Crippen LogP contribution in [0, 0.1) is 6.92 Å². The molecule has 0 atom stereocenters. The second-order valence-corrected chi connectivity index (χ2v) is 5.77. The van der Waals surface area contributed by atoms with E-state index in [2.05, 4.69) is 11.6 Å². The average molecular weight is 275 g/mol. The Hall–Kier alpha value is -1.88. The summed E-state index contributed by atoms with van der Waals surface area (Å²) < 4.78 is 0. The summed E-state index contributed by atoms with van der Waals surface area (Å²) in [6.07, 6.45) is 0. The van der Waals surface area contributed by atoms with Crippen molar-refractivity contribution in [2.75, 3.05) is 19.3 Å². The van der Waals surface area contributed by atoms with E-state index in [-0.39, 0.29) is 5.91 Å². The van der Waals surface area contributed by atoms with Gasteiger partial charge in [0.15, 0.2) is 0 Å². The van der Waals surface area contributed by atoms with Crippen molar-refractivity contribution in [3.63, 3.8) is 0 Å². The van der Waals surface area contributed by atoms with Crippen molar-refractivity contribution in [2.24, 2.45) is 0 Å². The molecule has 4 nitrogen and oxygen atoms in total. The zero-order valence-corrected chi connectivity index (χ0v) is 12.2. The number of nitrogen functional groups attached to an aromatic ring is 1. The lowest BCUT2D eigenvalue weighted by Gasteiger charge is -2.16. The van der Waals surface area contributed by atoms with Gasteiger partial charge < -0.3 is 10.6 Å². The van der Waals surface area contributed by atoms with E-state index < -0.39 is 0 Å². The minimum Gasteiger partial charge on any atom is -0.397 e. The maximum absolute atomic E-state index is 12.3. The Balaban J connectivity index is 2.42. The van der Waals surface area contributed by atoms with Gasteiger partial charge in [0.05, 0.1) is 5.69 Å². The highest BCUT2D eigenvalue weighted by atomic mass is 32.1. The fraction of sp³-hybridized carbons (Fsp3) is 0.286. The quantitative estimate of drug-likeness (QED) is 0.876. The smallest absolute Gasteiger partial charge is 0.266 e. The van der Waals surface area contributed by atoms with Crippen LogP contribution in [0.4, 0.5) is 5.69 Å². The molecule has 0 saturated heterocycles. The van der Waals surface area contributed by atoms with Gasteiger partial charge in [-0.15, -0.1) is 11.3 Å². The number of nitrogens with zero attached hydrogens (tertiary/aromatic N) is 2. The number of aryl methyl sites for hydroxylation is 1. The summed E-state index contributed by atoms with van der Waals surface area (Å²) in [7, 11) is 1.75. The Bertz CT molecular complexity index is 660. The lowest BCUT2D eigenvalue weighted by molar-refractivity contribution is 0.0812. The first kappa shape index (κ1) is 13.5. The molecule has 2 aromatic rings. The largest absolute Gasteiger partial charge is 0.397 e. The minimum atomic E-state index is -0.0823. The summed E-state index contributed by atoms with van der Waals surface area (Å²) in [5.41, 5.74) is 8.43. The number of aromatic nitrogens is 1. The monoisotopic (exact) mass is 275 g/mol. The molecular weight excluding hydrogens is 258 g/mol. The van der Waals surface area contributed by atoms with Crippen LogP contribution in [0.5, 0.6) is 0 Å². The Morgan fingerprint density at radius 3 is 2.84 bits per heavy atom. The van der Waals surface area contributed by atoms with Gasteiger partial charge in [0, 0.05) is 24.7 Å². The lowest BCUT2D eigenvalue weighted by atomic mass is 10.2. The predicted octanol–water partition coefficient (Wildman–Crippen LogP) is 2.84. The Morgan fingerprint density at radius 1 is 1.53 bits per heavy atom. The third-order valence-corrected chi connectivity index (χ3v) is 3.88. The first-order valence-electron chi connectivity index (χ1n) is 5.95. The number of pyridine rings is 1. The summed E-state index contributed by atoms with van der Waals surface area (Å²) >= 11 is 1.34. The molecule has 0 aromatic carbocycles. The highest BCUT2D eigenvalue weighted by molar-refractivity contribution is 7.21. The number of anilines is 1. The number of rotatable bonds is 3. The highest BCUT2D eigenvalue weighted by Crippen LogP contribution is 2.33. The van der Waals surface area contributed by atoms with Crippen molar-refractivity contribution in [1.29, 1.82) is 0 Å². The molecule has 0 spiro atoms. The minimum absolute atomic E-state index is 0.0823. The molecule has 2 aromatic heterocycles. The molecule has 19 heavy (non-hydrogen) atoms. The van der Waals surface area contributed by atoms with Crippen LogP contribution in [0.25, 0.3) is 10.2 Å². The molecule has 0 fully saturated rings. The van der Waals surface area contributed by atoms with E-state index in [0.717, 1.165) is 21.5 Å². The Morgan fingerprint density at radius 2 is 2.21 bits per heavy atom. The fourth-order valence-corrected chi connectivity index (χ4v) is 3.03. The van der Waals surface area contributed by atoms with Crippen molar-refractivity contribution >= 4 is 33.1 Å². The number of amides is 1. The van der Waals surface area contributed by atoms with Gasteiger partial charge in [0.2, 0.25) is 0 Å². The summed E-state index contributed by atoms with van der Waals surface area (Å²) in [5, 5.41) is 0.850. The van der Waals surface area contributed by atoms with Crippen molar-refractivity contribution in [1.82, 2.24) is 9.88 Å². The van der Waals surface area contributed by atoms with E-state index in [1.54, 1.807) is 11.9 Å². The van der Waals surface area contributed by atoms with Crippen LogP contribution in [0.3, 0.4) is 0 Å². The van der Waals surface area contributed by atoms with Crippen LogP contribution in [0.2, 0.25) is 0 Å². The molecule has 0 aliphatic carbocycles. The molecule has 2 N–H and O–H groups in total. The summed E-state index contributed by atoms with van der Waals surface area (Å²) in [5.74, 6) is -0.0823. The zero-order chi connectivity index (χ0) is 14.2. The molecule has 1 amide bonds. The van der Waals surface area contributed by atoms with Crippen LogP contribution in [0.1, 0.15) is 22.3 Å². The van der Waals surface area contributed by atoms with Crippen LogP contribution < -0.4 is 5.73 Å². The summed E-state index contributed by atoms with van der Waals surface area (Å²) in [6, 6.07) is 3.82. The third kappa shape index (κ3) is 2.61. The highest BCUT2D eigenvalue weighted by Gasteiger charge is 2.20. The van der Waals surface area contributed by atoms with Gasteiger partial charge in [0.1, 0.15) is 9.71 Å². The molecule has 2 heterocycles. The number of nitrogens with two attached hydrogens (primary N) is 1. The number of hydrogen-bond donors (Lipinski definition) is 1. The second kappa shape index (κ2) is 5.01. The number of carbonyl (C=O) groups excluding carboxylic acids is 1. The first-order chi connectivity index (χ1) is 8.90. The van der Waals surface area contributed by atoms with E-state index in [0.29, 0.717) is 17.1 Å². The van der Waals surface area contributed by atoms with Gasteiger partial charge in [-0.05, 0) is 26.0 Å². The Labute approximate surface area is 116 Å². The number of carbonyl (C=O) groups is 1. The summed E-state index contributed by atoms with van der Waals surface area (Å²) in [6.45, 7) is 8.15. The summed E-state index contributed by atoms with van der Waals surface area (Å²) in [4.78, 5) is 19.7. The van der Waals surface area contributed by atoms with Crippen LogP contribution in [-0.2, 0) is 0 Å². The van der Waals surface area contributed by atoms with Crippen LogP contribution in [-0.4, -0.2) is 29.4 Å². The number of fused-ring (bicyclic) bond motifs is 1. The molecule has 100 valence electrons. The number of likely N-dealkylation sites (N-methyl/N-ethyl adjacent to an activating group) is 1. The van der Waals surface area contributed by atoms with E-state index in [1.165, 1.54) is 11.3 Å². The lowest BCUT2D eigenvalue weighted by Crippen LogP contribution is -2.27.